The zero-order valence-corrected chi connectivity index (χ0v) is 12.0. The Hall–Kier alpha value is -0.870. The molecule has 18 heavy (non-hydrogen) atoms. The Morgan fingerprint density at radius 1 is 1.22 bits per heavy atom. The fraction of sp³-hybridized carbons (Fsp3) is 0.571. The molecule has 1 aromatic rings. The lowest BCUT2D eigenvalue weighted by Gasteiger charge is -2.18. The molecule has 0 aliphatic heterocycles. The number of benzene rings is 1. The molecule has 1 unspecified atom stereocenters. The van der Waals surface area contributed by atoms with Gasteiger partial charge >= 0.3 is 0 Å². The molecular formula is C14H23NO2S. The van der Waals surface area contributed by atoms with Gasteiger partial charge < -0.3 is 5.32 Å². The third-order valence-electron chi connectivity index (χ3n) is 2.85. The monoisotopic (exact) mass is 269 g/mol. The van der Waals surface area contributed by atoms with Gasteiger partial charge in [-0.2, -0.15) is 0 Å². The van der Waals surface area contributed by atoms with E-state index in [0.717, 1.165) is 19.4 Å². The lowest BCUT2D eigenvalue weighted by molar-refractivity contribution is 0.492. The highest BCUT2D eigenvalue weighted by Gasteiger charge is 2.11. The molecule has 0 amide bonds. The minimum Gasteiger partial charge on any atom is -0.310 e. The molecule has 1 rings (SSSR count). The predicted molar refractivity (Wildman–Crippen MR) is 76.4 cm³/mol. The zero-order valence-electron chi connectivity index (χ0n) is 11.2. The molecule has 0 aromatic heterocycles. The van der Waals surface area contributed by atoms with E-state index in [-0.39, 0.29) is 11.8 Å². The molecule has 0 heterocycles. The van der Waals surface area contributed by atoms with Gasteiger partial charge in [0.05, 0.1) is 0 Å². The van der Waals surface area contributed by atoms with Crippen LogP contribution in [-0.4, -0.2) is 27.0 Å². The SMILES string of the molecule is CCCNC(CCCS(C)(=O)=O)c1ccccc1. The van der Waals surface area contributed by atoms with Crippen molar-refractivity contribution in [1.82, 2.24) is 5.32 Å². The van der Waals surface area contributed by atoms with Crippen molar-refractivity contribution in [2.24, 2.45) is 0 Å². The summed E-state index contributed by atoms with van der Waals surface area (Å²) >= 11 is 0. The molecule has 1 aromatic carbocycles. The van der Waals surface area contributed by atoms with Crippen molar-refractivity contribution in [3.05, 3.63) is 35.9 Å². The van der Waals surface area contributed by atoms with Crippen LogP contribution < -0.4 is 5.32 Å². The molecule has 0 saturated carbocycles. The molecule has 0 fully saturated rings. The van der Waals surface area contributed by atoms with E-state index in [1.807, 2.05) is 18.2 Å². The molecule has 102 valence electrons. The third kappa shape index (κ3) is 6.17. The largest absolute Gasteiger partial charge is 0.310 e. The van der Waals surface area contributed by atoms with E-state index in [0.29, 0.717) is 6.42 Å². The smallest absolute Gasteiger partial charge is 0.147 e. The number of sulfone groups is 1. The summed E-state index contributed by atoms with van der Waals surface area (Å²) in [6.07, 6.45) is 3.94. The third-order valence-corrected chi connectivity index (χ3v) is 3.88. The molecular weight excluding hydrogens is 246 g/mol. The first-order chi connectivity index (χ1) is 8.53. The van der Waals surface area contributed by atoms with Gasteiger partial charge in [0.1, 0.15) is 9.84 Å². The maximum Gasteiger partial charge on any atom is 0.147 e. The number of rotatable bonds is 8. The highest BCUT2D eigenvalue weighted by atomic mass is 32.2. The number of hydrogen-bond acceptors (Lipinski definition) is 3. The van der Waals surface area contributed by atoms with E-state index in [9.17, 15) is 8.42 Å². The van der Waals surface area contributed by atoms with Crippen molar-refractivity contribution in [2.45, 2.75) is 32.2 Å². The quantitative estimate of drug-likeness (QED) is 0.789. The Labute approximate surface area is 111 Å². The molecule has 0 saturated heterocycles. The Kier molecular flexibility index (Phi) is 6.36. The fourth-order valence-corrected chi connectivity index (χ4v) is 2.63. The maximum absolute atomic E-state index is 11.1. The summed E-state index contributed by atoms with van der Waals surface area (Å²) in [4.78, 5) is 0. The summed E-state index contributed by atoms with van der Waals surface area (Å²) < 4.78 is 22.3. The fourth-order valence-electron chi connectivity index (χ4n) is 1.94. The van der Waals surface area contributed by atoms with Gasteiger partial charge in [0, 0.05) is 18.1 Å². The first kappa shape index (κ1) is 15.2. The van der Waals surface area contributed by atoms with E-state index < -0.39 is 9.84 Å². The molecule has 0 bridgehead atoms. The highest BCUT2D eigenvalue weighted by molar-refractivity contribution is 7.90. The van der Waals surface area contributed by atoms with Crippen LogP contribution in [0, 0.1) is 0 Å². The van der Waals surface area contributed by atoms with E-state index in [1.165, 1.54) is 11.8 Å². The zero-order chi connectivity index (χ0) is 13.4. The molecule has 0 radical (unpaired) electrons. The molecule has 3 nitrogen and oxygen atoms in total. The van der Waals surface area contributed by atoms with Crippen LogP contribution in [0.3, 0.4) is 0 Å². The Balaban J connectivity index is 2.56. The molecule has 0 aliphatic carbocycles. The molecule has 1 N–H and O–H groups in total. The van der Waals surface area contributed by atoms with Crippen molar-refractivity contribution >= 4 is 9.84 Å². The van der Waals surface area contributed by atoms with Gasteiger partial charge in [-0.05, 0) is 31.4 Å². The Morgan fingerprint density at radius 3 is 2.44 bits per heavy atom. The summed E-state index contributed by atoms with van der Waals surface area (Å²) in [5.41, 5.74) is 1.24. The van der Waals surface area contributed by atoms with Crippen LogP contribution in [0.1, 0.15) is 37.8 Å². The average Bonchev–Trinajstić information content (AvgIpc) is 2.33. The van der Waals surface area contributed by atoms with E-state index in [1.54, 1.807) is 0 Å². The van der Waals surface area contributed by atoms with Gasteiger partial charge in [-0.15, -0.1) is 0 Å². The average molecular weight is 269 g/mol. The summed E-state index contributed by atoms with van der Waals surface area (Å²) in [6, 6.07) is 10.5. The van der Waals surface area contributed by atoms with Crippen molar-refractivity contribution in [1.29, 1.82) is 0 Å². The van der Waals surface area contributed by atoms with Crippen molar-refractivity contribution in [2.75, 3.05) is 18.6 Å². The van der Waals surface area contributed by atoms with Crippen LogP contribution in [0.4, 0.5) is 0 Å². The van der Waals surface area contributed by atoms with Crippen LogP contribution >= 0.6 is 0 Å². The Morgan fingerprint density at radius 2 is 1.89 bits per heavy atom. The standard InChI is InChI=1S/C14H23NO2S/c1-3-11-15-14(10-7-12-18(2,16)17)13-8-5-4-6-9-13/h4-6,8-9,14-15H,3,7,10-12H2,1-2H3. The first-order valence-corrected chi connectivity index (χ1v) is 8.55. The van der Waals surface area contributed by atoms with Gasteiger partial charge in [-0.1, -0.05) is 37.3 Å². The second-order valence-electron chi connectivity index (χ2n) is 4.69. The summed E-state index contributed by atoms with van der Waals surface area (Å²) in [7, 11) is -2.85. The van der Waals surface area contributed by atoms with E-state index in [4.69, 9.17) is 0 Å². The van der Waals surface area contributed by atoms with E-state index in [2.05, 4.69) is 24.4 Å². The number of hydrogen-bond donors (Lipinski definition) is 1. The molecule has 0 aliphatic rings. The molecule has 4 heteroatoms. The lowest BCUT2D eigenvalue weighted by Crippen LogP contribution is -2.22. The minimum atomic E-state index is -2.85. The predicted octanol–water partition coefficient (Wildman–Crippen LogP) is 2.55. The molecule has 0 spiro atoms. The van der Waals surface area contributed by atoms with Gasteiger partial charge in [0.25, 0.3) is 0 Å². The van der Waals surface area contributed by atoms with E-state index >= 15 is 0 Å². The van der Waals surface area contributed by atoms with Crippen molar-refractivity contribution < 1.29 is 8.42 Å². The van der Waals surface area contributed by atoms with Crippen LogP contribution in [0.2, 0.25) is 0 Å². The van der Waals surface area contributed by atoms with Gasteiger partial charge in [0.15, 0.2) is 0 Å². The van der Waals surface area contributed by atoms with Gasteiger partial charge in [-0.25, -0.2) is 8.42 Å². The van der Waals surface area contributed by atoms with Crippen LogP contribution in [-0.2, 0) is 9.84 Å². The van der Waals surface area contributed by atoms with Gasteiger partial charge in [-0.3, -0.25) is 0 Å². The van der Waals surface area contributed by atoms with Gasteiger partial charge in [0.2, 0.25) is 0 Å². The topological polar surface area (TPSA) is 46.2 Å². The Bertz CT molecular complexity index is 428. The maximum atomic E-state index is 11.1. The second kappa shape index (κ2) is 7.54. The van der Waals surface area contributed by atoms with Crippen molar-refractivity contribution in [3.8, 4) is 0 Å². The van der Waals surface area contributed by atoms with Crippen LogP contribution in [0.25, 0.3) is 0 Å². The van der Waals surface area contributed by atoms with Crippen molar-refractivity contribution in [3.63, 3.8) is 0 Å². The van der Waals surface area contributed by atoms with Crippen LogP contribution in [0.5, 0.6) is 0 Å². The summed E-state index contributed by atoms with van der Waals surface area (Å²) in [5.74, 6) is 0.268. The second-order valence-corrected chi connectivity index (χ2v) is 6.95. The van der Waals surface area contributed by atoms with Crippen LogP contribution in [0.15, 0.2) is 30.3 Å². The number of nitrogens with one attached hydrogen (secondary N) is 1. The normalized spacial score (nSPS) is 13.4. The minimum absolute atomic E-state index is 0.257. The summed E-state index contributed by atoms with van der Waals surface area (Å²) in [5, 5.41) is 3.48. The first-order valence-electron chi connectivity index (χ1n) is 6.49. The summed E-state index contributed by atoms with van der Waals surface area (Å²) in [6.45, 7) is 3.09. The molecule has 1 atom stereocenters. The lowest BCUT2D eigenvalue weighted by atomic mass is 10.0. The highest BCUT2D eigenvalue weighted by Crippen LogP contribution is 2.18.